The number of nitrogens with zero attached hydrogens (tertiary/aromatic N) is 2. The summed E-state index contributed by atoms with van der Waals surface area (Å²) >= 11 is 0. The Kier molecular flexibility index (Phi) is 2.49. The number of aldehydes is 1. The van der Waals surface area contributed by atoms with Crippen LogP contribution in [0.5, 0.6) is 5.75 Å². The standard InChI is InChI=1S/C9H12N2O3/c12-6-8-9(13)5-11(10-8)4-7-2-1-3-14-7/h5-7,13H,1-4H2. The van der Waals surface area contributed by atoms with Gasteiger partial charge in [0.15, 0.2) is 17.7 Å². The minimum Gasteiger partial charge on any atom is -0.504 e. The zero-order chi connectivity index (χ0) is 9.97. The average molecular weight is 196 g/mol. The topological polar surface area (TPSA) is 64.4 Å². The third-order valence-electron chi connectivity index (χ3n) is 2.30. The molecule has 0 amide bonds. The average Bonchev–Trinajstić information content (AvgIpc) is 2.76. The normalized spacial score (nSPS) is 21.3. The van der Waals surface area contributed by atoms with Gasteiger partial charge >= 0.3 is 0 Å². The first kappa shape index (κ1) is 9.21. The number of aromatic hydroxyl groups is 1. The largest absolute Gasteiger partial charge is 0.504 e. The fourth-order valence-corrected chi connectivity index (χ4v) is 1.60. The molecule has 1 aliphatic rings. The van der Waals surface area contributed by atoms with Crippen LogP contribution >= 0.6 is 0 Å². The lowest BCUT2D eigenvalue weighted by Crippen LogP contribution is -2.15. The van der Waals surface area contributed by atoms with Gasteiger partial charge in [0.2, 0.25) is 0 Å². The molecule has 0 radical (unpaired) electrons. The van der Waals surface area contributed by atoms with Crippen molar-refractivity contribution in [3.05, 3.63) is 11.9 Å². The quantitative estimate of drug-likeness (QED) is 0.718. The van der Waals surface area contributed by atoms with Crippen LogP contribution in [-0.4, -0.2) is 33.9 Å². The lowest BCUT2D eigenvalue weighted by atomic mass is 10.2. The summed E-state index contributed by atoms with van der Waals surface area (Å²) in [4.78, 5) is 10.4. The maximum Gasteiger partial charge on any atom is 0.174 e. The number of hydrogen-bond acceptors (Lipinski definition) is 4. The minimum absolute atomic E-state index is 0.0713. The summed E-state index contributed by atoms with van der Waals surface area (Å²) in [5, 5.41) is 13.2. The molecule has 1 saturated heterocycles. The van der Waals surface area contributed by atoms with Gasteiger partial charge in [-0.05, 0) is 12.8 Å². The molecule has 0 aromatic carbocycles. The van der Waals surface area contributed by atoms with E-state index in [2.05, 4.69) is 5.10 Å². The molecule has 1 aliphatic heterocycles. The highest BCUT2D eigenvalue weighted by molar-refractivity contribution is 5.75. The summed E-state index contributed by atoms with van der Waals surface area (Å²) in [5.41, 5.74) is 0.0861. The van der Waals surface area contributed by atoms with Crippen LogP contribution in [-0.2, 0) is 11.3 Å². The summed E-state index contributed by atoms with van der Waals surface area (Å²) in [7, 11) is 0. The first-order chi connectivity index (χ1) is 6.79. The van der Waals surface area contributed by atoms with Gasteiger partial charge in [0.25, 0.3) is 0 Å². The van der Waals surface area contributed by atoms with Crippen molar-refractivity contribution in [2.24, 2.45) is 0 Å². The van der Waals surface area contributed by atoms with Crippen LogP contribution in [0.4, 0.5) is 0 Å². The summed E-state index contributed by atoms with van der Waals surface area (Å²) in [6.07, 6.45) is 4.23. The second-order valence-corrected chi connectivity index (χ2v) is 3.37. The van der Waals surface area contributed by atoms with Gasteiger partial charge in [-0.2, -0.15) is 5.10 Å². The second-order valence-electron chi connectivity index (χ2n) is 3.37. The van der Waals surface area contributed by atoms with Crippen molar-refractivity contribution in [1.29, 1.82) is 0 Å². The van der Waals surface area contributed by atoms with Crippen LogP contribution in [0.1, 0.15) is 23.3 Å². The van der Waals surface area contributed by atoms with Crippen molar-refractivity contribution in [1.82, 2.24) is 9.78 Å². The number of ether oxygens (including phenoxy) is 1. The van der Waals surface area contributed by atoms with E-state index in [1.807, 2.05) is 0 Å². The van der Waals surface area contributed by atoms with Gasteiger partial charge in [-0.3, -0.25) is 9.48 Å². The van der Waals surface area contributed by atoms with E-state index in [4.69, 9.17) is 4.74 Å². The Hall–Kier alpha value is -1.36. The van der Waals surface area contributed by atoms with Gasteiger partial charge in [-0.25, -0.2) is 0 Å². The van der Waals surface area contributed by atoms with Crippen molar-refractivity contribution >= 4 is 6.29 Å². The highest BCUT2D eigenvalue weighted by Crippen LogP contribution is 2.16. The van der Waals surface area contributed by atoms with E-state index in [0.29, 0.717) is 12.8 Å². The highest BCUT2D eigenvalue weighted by Gasteiger charge is 2.17. The van der Waals surface area contributed by atoms with E-state index >= 15 is 0 Å². The van der Waals surface area contributed by atoms with Gasteiger partial charge in [0.1, 0.15) is 0 Å². The van der Waals surface area contributed by atoms with E-state index < -0.39 is 0 Å². The van der Waals surface area contributed by atoms with E-state index in [1.54, 1.807) is 4.68 Å². The molecule has 0 spiro atoms. The maximum atomic E-state index is 10.4. The highest BCUT2D eigenvalue weighted by atomic mass is 16.5. The smallest absolute Gasteiger partial charge is 0.174 e. The molecule has 1 N–H and O–H groups in total. The summed E-state index contributed by atoms with van der Waals surface area (Å²) in [5.74, 6) is -0.0713. The van der Waals surface area contributed by atoms with E-state index in [1.165, 1.54) is 6.20 Å². The van der Waals surface area contributed by atoms with E-state index in [0.717, 1.165) is 19.4 Å². The molecule has 14 heavy (non-hydrogen) atoms. The number of aromatic nitrogens is 2. The first-order valence-corrected chi connectivity index (χ1v) is 4.63. The van der Waals surface area contributed by atoms with Crippen LogP contribution in [0.25, 0.3) is 0 Å². The molecule has 0 bridgehead atoms. The van der Waals surface area contributed by atoms with Crippen molar-refractivity contribution in [3.63, 3.8) is 0 Å². The Morgan fingerprint density at radius 1 is 1.79 bits per heavy atom. The fourth-order valence-electron chi connectivity index (χ4n) is 1.60. The Bertz CT molecular complexity index is 329. The molecule has 1 aromatic rings. The van der Waals surface area contributed by atoms with Gasteiger partial charge in [-0.15, -0.1) is 0 Å². The van der Waals surface area contributed by atoms with Crippen molar-refractivity contribution in [2.75, 3.05) is 6.61 Å². The molecule has 2 heterocycles. The third-order valence-corrected chi connectivity index (χ3v) is 2.30. The number of carbonyl (C=O) groups excluding carboxylic acids is 1. The Balaban J connectivity index is 2.04. The lowest BCUT2D eigenvalue weighted by Gasteiger charge is -2.07. The summed E-state index contributed by atoms with van der Waals surface area (Å²) in [6.45, 7) is 1.39. The molecular weight excluding hydrogens is 184 g/mol. The Morgan fingerprint density at radius 3 is 3.21 bits per heavy atom. The predicted molar refractivity (Wildman–Crippen MR) is 48.3 cm³/mol. The molecule has 5 heteroatoms. The van der Waals surface area contributed by atoms with Gasteiger partial charge in [0.05, 0.1) is 18.8 Å². The molecule has 1 unspecified atom stereocenters. The second kappa shape index (κ2) is 3.79. The zero-order valence-corrected chi connectivity index (χ0v) is 7.72. The molecule has 1 aromatic heterocycles. The molecule has 2 rings (SSSR count). The number of hydrogen-bond donors (Lipinski definition) is 1. The van der Waals surface area contributed by atoms with Crippen molar-refractivity contribution < 1.29 is 14.6 Å². The number of carbonyl (C=O) groups is 1. The molecule has 0 aliphatic carbocycles. The third kappa shape index (κ3) is 1.77. The Labute approximate surface area is 81.3 Å². The van der Waals surface area contributed by atoms with Crippen LogP contribution in [0.15, 0.2) is 6.20 Å². The van der Waals surface area contributed by atoms with Crippen LogP contribution in [0, 0.1) is 0 Å². The molecule has 5 nitrogen and oxygen atoms in total. The Morgan fingerprint density at radius 2 is 2.64 bits per heavy atom. The van der Waals surface area contributed by atoms with Gasteiger partial charge in [0, 0.05) is 6.61 Å². The predicted octanol–water partition coefficient (Wildman–Crippen LogP) is 0.580. The van der Waals surface area contributed by atoms with Gasteiger partial charge < -0.3 is 9.84 Å². The van der Waals surface area contributed by atoms with Crippen LogP contribution in [0.3, 0.4) is 0 Å². The SMILES string of the molecule is O=Cc1nn(CC2CCCO2)cc1O. The van der Waals surface area contributed by atoms with Crippen molar-refractivity contribution in [3.8, 4) is 5.75 Å². The molecule has 1 atom stereocenters. The minimum atomic E-state index is -0.0713. The van der Waals surface area contributed by atoms with Crippen LogP contribution in [0.2, 0.25) is 0 Å². The van der Waals surface area contributed by atoms with Crippen LogP contribution < -0.4 is 0 Å². The number of rotatable bonds is 3. The molecule has 76 valence electrons. The van der Waals surface area contributed by atoms with E-state index in [-0.39, 0.29) is 17.5 Å². The zero-order valence-electron chi connectivity index (χ0n) is 7.72. The first-order valence-electron chi connectivity index (χ1n) is 4.63. The van der Waals surface area contributed by atoms with Crippen molar-refractivity contribution in [2.45, 2.75) is 25.5 Å². The van der Waals surface area contributed by atoms with Gasteiger partial charge in [-0.1, -0.05) is 0 Å². The van der Waals surface area contributed by atoms with E-state index in [9.17, 15) is 9.90 Å². The molecule has 0 saturated carbocycles. The fraction of sp³-hybridized carbons (Fsp3) is 0.556. The monoisotopic (exact) mass is 196 g/mol. The maximum absolute atomic E-state index is 10.4. The summed E-state index contributed by atoms with van der Waals surface area (Å²) in [6, 6.07) is 0. The lowest BCUT2D eigenvalue weighted by molar-refractivity contribution is 0.0936. The molecule has 1 fully saturated rings. The summed E-state index contributed by atoms with van der Waals surface area (Å²) < 4.78 is 6.96. The molecular formula is C9H12N2O3.